The van der Waals surface area contributed by atoms with Crippen molar-refractivity contribution in [1.29, 1.82) is 0 Å². The number of aromatic nitrogens is 1. The van der Waals surface area contributed by atoms with E-state index in [0.717, 1.165) is 11.1 Å². The molecular weight excluding hydrogens is 444 g/mol. The summed E-state index contributed by atoms with van der Waals surface area (Å²) in [5, 5.41) is 7.81. The molecule has 0 atom stereocenters. The Kier molecular flexibility index (Phi) is 4.42. The highest BCUT2D eigenvalue weighted by molar-refractivity contribution is 7.26. The lowest BCUT2D eigenvalue weighted by molar-refractivity contribution is 1.35. The highest BCUT2D eigenvalue weighted by Crippen LogP contribution is 2.45. The number of benzene rings is 5. The SMILES string of the molecule is [C-]#[N+]c1cc(-c2cccc(-c3cc4sc5ccc6ccccc6c5c4c4ccccc34)c2)ccn1. The van der Waals surface area contributed by atoms with Crippen molar-refractivity contribution in [1.82, 2.24) is 4.98 Å². The monoisotopic (exact) mass is 462 g/mol. The molecule has 0 spiro atoms. The van der Waals surface area contributed by atoms with Crippen molar-refractivity contribution in [2.24, 2.45) is 0 Å². The maximum atomic E-state index is 7.31. The summed E-state index contributed by atoms with van der Waals surface area (Å²) in [6.07, 6.45) is 1.71. The molecule has 3 heteroatoms. The standard InChI is InChI=1S/C32H18N2S/c1-33-30-18-22(15-16-34-30)21-8-6-9-23(17-21)27-19-29-32(26-12-5-4-11-25(26)27)31-24-10-3-2-7-20(24)13-14-28(31)35-29/h2-19H. The molecule has 0 fully saturated rings. The van der Waals surface area contributed by atoms with Crippen molar-refractivity contribution in [3.05, 3.63) is 121 Å². The van der Waals surface area contributed by atoms with Crippen LogP contribution in [-0.2, 0) is 0 Å². The van der Waals surface area contributed by atoms with Crippen LogP contribution in [0.5, 0.6) is 0 Å². The van der Waals surface area contributed by atoms with Crippen molar-refractivity contribution < 1.29 is 0 Å². The molecule has 0 saturated heterocycles. The van der Waals surface area contributed by atoms with E-state index in [-0.39, 0.29) is 0 Å². The number of thiophene rings is 1. The van der Waals surface area contributed by atoms with Crippen LogP contribution in [0.1, 0.15) is 0 Å². The van der Waals surface area contributed by atoms with Crippen LogP contribution in [0, 0.1) is 6.57 Å². The van der Waals surface area contributed by atoms with Crippen molar-refractivity contribution in [3.63, 3.8) is 0 Å². The van der Waals surface area contributed by atoms with E-state index in [1.165, 1.54) is 52.8 Å². The molecule has 0 unspecified atom stereocenters. The van der Waals surface area contributed by atoms with Gasteiger partial charge in [0.1, 0.15) is 6.20 Å². The Hall–Kier alpha value is -4.52. The molecule has 2 nitrogen and oxygen atoms in total. The van der Waals surface area contributed by atoms with Gasteiger partial charge in [-0.2, -0.15) is 0 Å². The van der Waals surface area contributed by atoms with Crippen LogP contribution in [-0.4, -0.2) is 4.98 Å². The van der Waals surface area contributed by atoms with Crippen LogP contribution < -0.4 is 0 Å². The summed E-state index contributed by atoms with van der Waals surface area (Å²) in [6, 6.07) is 36.7. The second-order valence-electron chi connectivity index (χ2n) is 8.70. The lowest BCUT2D eigenvalue weighted by atomic mass is 9.92. The van der Waals surface area contributed by atoms with Gasteiger partial charge in [-0.15, -0.1) is 16.3 Å². The van der Waals surface area contributed by atoms with Gasteiger partial charge in [0, 0.05) is 20.2 Å². The Balaban J connectivity index is 1.53. The third kappa shape index (κ3) is 3.12. The lowest BCUT2D eigenvalue weighted by Crippen LogP contribution is -1.85. The van der Waals surface area contributed by atoms with Crippen LogP contribution in [0.15, 0.2) is 109 Å². The Labute approximate surface area is 206 Å². The minimum atomic E-state index is 0.414. The van der Waals surface area contributed by atoms with E-state index in [2.05, 4.69) is 101 Å². The zero-order valence-electron chi connectivity index (χ0n) is 18.7. The summed E-state index contributed by atoms with van der Waals surface area (Å²) in [5.74, 6) is 0.414. The zero-order chi connectivity index (χ0) is 23.4. The van der Waals surface area contributed by atoms with Gasteiger partial charge in [-0.05, 0) is 74.1 Å². The molecule has 0 radical (unpaired) electrons. The number of pyridine rings is 1. The molecule has 0 bridgehead atoms. The first-order valence-corrected chi connectivity index (χ1v) is 12.3. The fraction of sp³-hybridized carbons (Fsp3) is 0. The molecule has 5 aromatic carbocycles. The molecule has 2 aromatic heterocycles. The van der Waals surface area contributed by atoms with Gasteiger partial charge in [0.2, 0.25) is 0 Å². The van der Waals surface area contributed by atoms with E-state index in [4.69, 9.17) is 6.57 Å². The Morgan fingerprint density at radius 1 is 0.600 bits per heavy atom. The minimum Gasteiger partial charge on any atom is -0.361 e. The van der Waals surface area contributed by atoms with Crippen LogP contribution >= 0.6 is 11.3 Å². The maximum absolute atomic E-state index is 7.31. The fourth-order valence-electron chi connectivity index (χ4n) is 5.17. The first-order chi connectivity index (χ1) is 17.3. The molecule has 0 aliphatic rings. The van der Waals surface area contributed by atoms with Gasteiger partial charge in [-0.3, -0.25) is 0 Å². The van der Waals surface area contributed by atoms with Gasteiger partial charge in [0.25, 0.3) is 5.82 Å². The quantitative estimate of drug-likeness (QED) is 0.234. The average molecular weight is 463 g/mol. The summed E-state index contributed by atoms with van der Waals surface area (Å²) < 4.78 is 2.62. The Bertz CT molecular complexity index is 1970. The van der Waals surface area contributed by atoms with E-state index in [0.29, 0.717) is 5.82 Å². The summed E-state index contributed by atoms with van der Waals surface area (Å²) in [6.45, 7) is 7.31. The average Bonchev–Trinajstić information content (AvgIpc) is 3.32. The van der Waals surface area contributed by atoms with Crippen LogP contribution in [0.25, 0.3) is 68.8 Å². The van der Waals surface area contributed by atoms with E-state index in [9.17, 15) is 0 Å². The molecule has 7 aromatic rings. The molecule has 0 N–H and O–H groups in total. The van der Waals surface area contributed by atoms with Gasteiger partial charge in [0.05, 0.1) is 0 Å². The third-order valence-corrected chi connectivity index (χ3v) is 7.84. The predicted octanol–water partition coefficient (Wildman–Crippen LogP) is 9.64. The number of hydrogen-bond acceptors (Lipinski definition) is 2. The van der Waals surface area contributed by atoms with Gasteiger partial charge in [-0.25, -0.2) is 0 Å². The molecule has 0 aliphatic carbocycles. The van der Waals surface area contributed by atoms with Gasteiger partial charge >= 0.3 is 0 Å². The maximum Gasteiger partial charge on any atom is 0.270 e. The molecule has 0 amide bonds. The zero-order valence-corrected chi connectivity index (χ0v) is 19.5. The molecule has 35 heavy (non-hydrogen) atoms. The van der Waals surface area contributed by atoms with Gasteiger partial charge in [0.15, 0.2) is 0 Å². The molecule has 2 heterocycles. The lowest BCUT2D eigenvalue weighted by Gasteiger charge is -2.11. The largest absolute Gasteiger partial charge is 0.361 e. The molecule has 7 rings (SSSR count). The van der Waals surface area contributed by atoms with Gasteiger partial charge < -0.3 is 4.85 Å². The second kappa shape index (κ2) is 7.77. The summed E-state index contributed by atoms with van der Waals surface area (Å²) in [5.41, 5.74) is 4.49. The summed E-state index contributed by atoms with van der Waals surface area (Å²) in [7, 11) is 0. The number of nitrogens with zero attached hydrogens (tertiary/aromatic N) is 2. The van der Waals surface area contributed by atoms with E-state index in [1.807, 2.05) is 23.5 Å². The van der Waals surface area contributed by atoms with Crippen molar-refractivity contribution >= 4 is 58.9 Å². The normalized spacial score (nSPS) is 11.4. The van der Waals surface area contributed by atoms with Crippen LogP contribution in [0.2, 0.25) is 0 Å². The predicted molar refractivity (Wildman–Crippen MR) is 149 cm³/mol. The van der Waals surface area contributed by atoms with Crippen molar-refractivity contribution in [3.8, 4) is 22.3 Å². The molecule has 162 valence electrons. The highest BCUT2D eigenvalue weighted by Gasteiger charge is 2.15. The first kappa shape index (κ1) is 19.9. The summed E-state index contributed by atoms with van der Waals surface area (Å²) in [4.78, 5) is 7.62. The Morgan fingerprint density at radius 3 is 2.23 bits per heavy atom. The topological polar surface area (TPSA) is 17.2 Å². The minimum absolute atomic E-state index is 0.414. The third-order valence-electron chi connectivity index (χ3n) is 6.74. The number of hydrogen-bond donors (Lipinski definition) is 0. The molecule has 0 aliphatic heterocycles. The molecular formula is C32H18N2S. The van der Waals surface area contributed by atoms with Gasteiger partial charge in [-0.1, -0.05) is 79.4 Å². The Morgan fingerprint density at radius 2 is 1.34 bits per heavy atom. The summed E-state index contributed by atoms with van der Waals surface area (Å²) >= 11 is 1.86. The number of fused-ring (bicyclic) bond motifs is 7. The van der Waals surface area contributed by atoms with Crippen molar-refractivity contribution in [2.45, 2.75) is 0 Å². The fourth-order valence-corrected chi connectivity index (χ4v) is 6.34. The van der Waals surface area contributed by atoms with E-state index >= 15 is 0 Å². The van der Waals surface area contributed by atoms with Crippen molar-refractivity contribution in [2.75, 3.05) is 0 Å². The smallest absolute Gasteiger partial charge is 0.270 e. The van der Waals surface area contributed by atoms with Crippen LogP contribution in [0.3, 0.4) is 0 Å². The number of rotatable bonds is 2. The van der Waals surface area contributed by atoms with Crippen LogP contribution in [0.4, 0.5) is 5.82 Å². The first-order valence-electron chi connectivity index (χ1n) is 11.5. The highest BCUT2D eigenvalue weighted by atomic mass is 32.1. The van der Waals surface area contributed by atoms with E-state index in [1.54, 1.807) is 6.20 Å². The molecule has 0 saturated carbocycles. The second-order valence-corrected chi connectivity index (χ2v) is 9.78. The van der Waals surface area contributed by atoms with E-state index < -0.39 is 0 Å².